The first-order chi connectivity index (χ1) is 11.0. The molecule has 0 aliphatic carbocycles. The second-order valence-corrected chi connectivity index (χ2v) is 5.67. The summed E-state index contributed by atoms with van der Waals surface area (Å²) in [6, 6.07) is 9.51. The van der Waals surface area contributed by atoms with Gasteiger partial charge in [0, 0.05) is 5.39 Å². The second kappa shape index (κ2) is 6.12. The number of aryl methyl sites for hydroxylation is 1. The van der Waals surface area contributed by atoms with Crippen LogP contribution in [0, 0.1) is 18.6 Å². The van der Waals surface area contributed by atoms with Crippen molar-refractivity contribution in [2.75, 3.05) is 7.11 Å². The van der Waals surface area contributed by atoms with Crippen LogP contribution in [0.15, 0.2) is 40.9 Å². The van der Waals surface area contributed by atoms with E-state index in [0.717, 1.165) is 6.07 Å². The molecule has 6 heteroatoms. The van der Waals surface area contributed by atoms with Crippen molar-refractivity contribution in [3.05, 3.63) is 58.2 Å². The van der Waals surface area contributed by atoms with Crippen LogP contribution in [0.25, 0.3) is 10.9 Å². The van der Waals surface area contributed by atoms with Gasteiger partial charge in [0.25, 0.3) is 0 Å². The first kappa shape index (κ1) is 15.7. The average Bonchev–Trinajstić information content (AvgIpc) is 2.54. The normalized spacial score (nSPS) is 10.8. The number of hydrogen-bond acceptors (Lipinski definition) is 3. The van der Waals surface area contributed by atoms with Crippen LogP contribution in [0.1, 0.15) is 5.69 Å². The molecule has 0 N–H and O–H groups in total. The molecule has 118 valence electrons. The number of aromatic nitrogens is 1. The Balaban J connectivity index is 2.07. The smallest absolute Gasteiger partial charge is 0.184 e. The van der Waals surface area contributed by atoms with Crippen LogP contribution in [0.5, 0.6) is 17.2 Å². The van der Waals surface area contributed by atoms with E-state index in [1.807, 2.05) is 0 Å². The molecule has 0 atom stereocenters. The molecule has 0 saturated heterocycles. The van der Waals surface area contributed by atoms with Crippen LogP contribution in [-0.4, -0.2) is 12.1 Å². The summed E-state index contributed by atoms with van der Waals surface area (Å²) in [5.74, 6) is -0.260. The van der Waals surface area contributed by atoms with E-state index in [-0.39, 0.29) is 5.52 Å². The number of fused-ring (bicyclic) bond motifs is 1. The Labute approximate surface area is 140 Å². The molecule has 0 bridgehead atoms. The summed E-state index contributed by atoms with van der Waals surface area (Å²) in [6.45, 7) is 1.67. The minimum Gasteiger partial charge on any atom is -0.495 e. The van der Waals surface area contributed by atoms with Crippen LogP contribution in [-0.2, 0) is 0 Å². The van der Waals surface area contributed by atoms with Crippen LogP contribution in [0.3, 0.4) is 0 Å². The maximum absolute atomic E-state index is 13.8. The number of pyridine rings is 1. The lowest BCUT2D eigenvalue weighted by Gasteiger charge is -2.13. The van der Waals surface area contributed by atoms with Crippen molar-refractivity contribution in [3.63, 3.8) is 0 Å². The minimum atomic E-state index is -0.959. The van der Waals surface area contributed by atoms with Gasteiger partial charge in [-0.1, -0.05) is 6.07 Å². The molecule has 0 unspecified atom stereocenters. The predicted octanol–water partition coefficient (Wildman–Crippen LogP) is 5.38. The molecule has 3 nitrogen and oxygen atoms in total. The van der Waals surface area contributed by atoms with E-state index in [4.69, 9.17) is 9.47 Å². The van der Waals surface area contributed by atoms with Crippen molar-refractivity contribution in [1.82, 2.24) is 4.98 Å². The van der Waals surface area contributed by atoms with Crippen LogP contribution >= 0.6 is 15.9 Å². The van der Waals surface area contributed by atoms with Gasteiger partial charge in [-0.2, -0.15) is 0 Å². The van der Waals surface area contributed by atoms with Crippen molar-refractivity contribution in [1.29, 1.82) is 0 Å². The Morgan fingerprint density at radius 3 is 2.52 bits per heavy atom. The van der Waals surface area contributed by atoms with E-state index in [2.05, 4.69) is 20.9 Å². The Morgan fingerprint density at radius 1 is 1.04 bits per heavy atom. The lowest BCUT2D eigenvalue weighted by Crippen LogP contribution is -1.96. The van der Waals surface area contributed by atoms with Crippen LogP contribution < -0.4 is 9.47 Å². The summed E-state index contributed by atoms with van der Waals surface area (Å²) in [4.78, 5) is 4.12. The van der Waals surface area contributed by atoms with Gasteiger partial charge in [-0.15, -0.1) is 0 Å². The molecular formula is C17H12BrF2NO2. The fourth-order valence-corrected chi connectivity index (χ4v) is 2.71. The summed E-state index contributed by atoms with van der Waals surface area (Å²) in [6.07, 6.45) is 0. The summed E-state index contributed by atoms with van der Waals surface area (Å²) in [5.41, 5.74) is 0.441. The molecular weight excluding hydrogens is 368 g/mol. The lowest BCUT2D eigenvalue weighted by atomic mass is 10.2. The van der Waals surface area contributed by atoms with Crippen molar-refractivity contribution < 1.29 is 18.3 Å². The largest absolute Gasteiger partial charge is 0.495 e. The third-order valence-corrected chi connectivity index (χ3v) is 4.17. The maximum Gasteiger partial charge on any atom is 0.184 e. The molecule has 3 aromatic rings. The van der Waals surface area contributed by atoms with Gasteiger partial charge in [0.15, 0.2) is 11.6 Å². The predicted molar refractivity (Wildman–Crippen MR) is 87.2 cm³/mol. The molecule has 2 aromatic carbocycles. The fourth-order valence-electron chi connectivity index (χ4n) is 2.20. The average molecular weight is 380 g/mol. The third kappa shape index (κ3) is 2.86. The van der Waals surface area contributed by atoms with Gasteiger partial charge in [0.1, 0.15) is 27.2 Å². The molecule has 0 aliphatic rings. The summed E-state index contributed by atoms with van der Waals surface area (Å²) in [7, 11) is 1.56. The quantitative estimate of drug-likeness (QED) is 0.611. The van der Waals surface area contributed by atoms with Gasteiger partial charge in [-0.25, -0.2) is 13.8 Å². The number of ether oxygens (including phenoxy) is 2. The zero-order valence-electron chi connectivity index (χ0n) is 12.4. The number of rotatable bonds is 3. The highest BCUT2D eigenvalue weighted by atomic mass is 79.9. The summed E-state index contributed by atoms with van der Waals surface area (Å²) in [5, 5.41) is 0.462. The van der Waals surface area contributed by atoms with E-state index in [1.165, 1.54) is 6.07 Å². The highest BCUT2D eigenvalue weighted by Crippen LogP contribution is 2.38. The van der Waals surface area contributed by atoms with Crippen molar-refractivity contribution in [2.24, 2.45) is 0 Å². The third-order valence-electron chi connectivity index (χ3n) is 3.39. The molecule has 0 radical (unpaired) electrons. The van der Waals surface area contributed by atoms with E-state index >= 15 is 0 Å². The van der Waals surface area contributed by atoms with E-state index < -0.39 is 11.6 Å². The van der Waals surface area contributed by atoms with Crippen LogP contribution in [0.2, 0.25) is 0 Å². The zero-order chi connectivity index (χ0) is 16.6. The Morgan fingerprint density at radius 2 is 1.78 bits per heavy atom. The van der Waals surface area contributed by atoms with Gasteiger partial charge >= 0.3 is 0 Å². The highest BCUT2D eigenvalue weighted by Gasteiger charge is 2.14. The first-order valence-corrected chi connectivity index (χ1v) is 7.56. The molecule has 1 aromatic heterocycles. The van der Waals surface area contributed by atoms with Gasteiger partial charge in [0.2, 0.25) is 0 Å². The molecule has 0 amide bonds. The second-order valence-electron chi connectivity index (χ2n) is 4.88. The zero-order valence-corrected chi connectivity index (χ0v) is 13.9. The van der Waals surface area contributed by atoms with Gasteiger partial charge in [-0.3, -0.25) is 0 Å². The van der Waals surface area contributed by atoms with Gasteiger partial charge in [-0.05, 0) is 53.2 Å². The van der Waals surface area contributed by atoms with Crippen molar-refractivity contribution in [3.8, 4) is 17.2 Å². The van der Waals surface area contributed by atoms with Crippen molar-refractivity contribution in [2.45, 2.75) is 6.92 Å². The standard InChI is InChI=1S/C17H12BrF2NO2/c1-9-14(23-13-5-3-4-12(22-2)15(13)18)8-10-6-7-11(19)16(20)17(10)21-9/h3-8H,1-2H3. The first-order valence-electron chi connectivity index (χ1n) is 6.77. The minimum absolute atomic E-state index is 0.0143. The number of hydrogen-bond donors (Lipinski definition) is 0. The number of benzene rings is 2. The highest BCUT2D eigenvalue weighted by molar-refractivity contribution is 9.10. The molecule has 3 rings (SSSR count). The molecule has 23 heavy (non-hydrogen) atoms. The monoisotopic (exact) mass is 379 g/mol. The van der Waals surface area contributed by atoms with Crippen LogP contribution in [0.4, 0.5) is 8.78 Å². The Kier molecular flexibility index (Phi) is 4.17. The number of nitrogens with zero attached hydrogens (tertiary/aromatic N) is 1. The van der Waals surface area contributed by atoms with E-state index in [0.29, 0.717) is 32.8 Å². The van der Waals surface area contributed by atoms with Gasteiger partial charge in [0.05, 0.1) is 12.8 Å². The number of methoxy groups -OCH3 is 1. The SMILES string of the molecule is COc1cccc(Oc2cc3ccc(F)c(F)c3nc2C)c1Br. The summed E-state index contributed by atoms with van der Waals surface area (Å²) < 4.78 is 38.8. The maximum atomic E-state index is 13.8. The molecule has 0 saturated carbocycles. The van der Waals surface area contributed by atoms with E-state index in [1.54, 1.807) is 38.3 Å². The Bertz CT molecular complexity index is 899. The lowest BCUT2D eigenvalue weighted by molar-refractivity contribution is 0.404. The molecule has 0 spiro atoms. The van der Waals surface area contributed by atoms with E-state index in [9.17, 15) is 8.78 Å². The number of halogens is 3. The Hall–Kier alpha value is -2.21. The fraction of sp³-hybridized carbons (Fsp3) is 0.118. The van der Waals surface area contributed by atoms with Gasteiger partial charge < -0.3 is 9.47 Å². The van der Waals surface area contributed by atoms with Crippen molar-refractivity contribution >= 4 is 26.8 Å². The molecule has 0 aliphatic heterocycles. The topological polar surface area (TPSA) is 31.4 Å². The summed E-state index contributed by atoms with van der Waals surface area (Å²) >= 11 is 3.41. The molecule has 0 fully saturated rings. The molecule has 1 heterocycles.